The molecule has 0 aliphatic carbocycles. The number of imidazole rings is 1. The number of rotatable bonds is 0. The number of hydrogen-bond donors (Lipinski definition) is 0. The van der Waals surface area contributed by atoms with Gasteiger partial charge in [-0.05, 0) is 13.0 Å². The van der Waals surface area contributed by atoms with Crippen molar-refractivity contribution < 1.29 is 0 Å². The van der Waals surface area contributed by atoms with E-state index in [-0.39, 0.29) is 5.56 Å². The maximum atomic E-state index is 12.1. The lowest BCUT2D eigenvalue weighted by atomic mass is 10.2. The number of hydrogen-bond acceptors (Lipinski definition) is 3. The first-order chi connectivity index (χ1) is 9.68. The number of aromatic nitrogens is 4. The average molecular weight is 274 g/mol. The molecule has 0 spiro atoms. The number of fused-ring (bicyclic) bond motifs is 3. The average Bonchev–Trinajstić information content (AvgIpc) is 2.98. The molecule has 3 aromatic heterocycles. The highest BCUT2D eigenvalue weighted by Crippen LogP contribution is 2.11. The Morgan fingerprint density at radius 3 is 2.40 bits per heavy atom. The molecule has 0 bridgehead atoms. The molecule has 0 saturated carbocycles. The van der Waals surface area contributed by atoms with E-state index < -0.39 is 0 Å². The molecule has 3 aromatic rings. The van der Waals surface area contributed by atoms with Gasteiger partial charge in [-0.25, -0.2) is 4.98 Å². The van der Waals surface area contributed by atoms with Crippen LogP contribution in [0.4, 0.5) is 0 Å². The Bertz CT molecular complexity index is 755. The van der Waals surface area contributed by atoms with Crippen LogP contribution in [0.3, 0.4) is 0 Å². The zero-order chi connectivity index (χ0) is 15.3. The number of nitrogens with zero attached hydrogens (tertiary/aromatic N) is 4. The standard InChI is InChI=1S/C11H10N4O.2C2H6/c1-7-5-8-9(6-13-7)15-4-3-12-11(15)14(2)10(8)16;2*1-2/h3-6H,1-2H3;2*1-2H3. The van der Waals surface area contributed by atoms with Gasteiger partial charge in [0, 0.05) is 25.1 Å². The van der Waals surface area contributed by atoms with Crippen LogP contribution < -0.4 is 5.56 Å². The van der Waals surface area contributed by atoms with E-state index >= 15 is 0 Å². The zero-order valence-corrected chi connectivity index (χ0v) is 13.0. The molecule has 0 N–H and O–H groups in total. The van der Waals surface area contributed by atoms with E-state index in [1.807, 2.05) is 45.2 Å². The van der Waals surface area contributed by atoms with Crippen molar-refractivity contribution in [1.29, 1.82) is 0 Å². The van der Waals surface area contributed by atoms with Gasteiger partial charge in [-0.3, -0.25) is 18.7 Å². The summed E-state index contributed by atoms with van der Waals surface area (Å²) in [5.74, 6) is 0.628. The van der Waals surface area contributed by atoms with Gasteiger partial charge < -0.3 is 0 Å². The minimum Gasteiger partial charge on any atom is -0.283 e. The van der Waals surface area contributed by atoms with Gasteiger partial charge >= 0.3 is 0 Å². The summed E-state index contributed by atoms with van der Waals surface area (Å²) < 4.78 is 3.41. The summed E-state index contributed by atoms with van der Waals surface area (Å²) in [7, 11) is 1.72. The van der Waals surface area contributed by atoms with Crippen molar-refractivity contribution in [1.82, 2.24) is 18.9 Å². The zero-order valence-electron chi connectivity index (χ0n) is 13.0. The molecule has 5 nitrogen and oxygen atoms in total. The number of aryl methyl sites for hydroxylation is 2. The van der Waals surface area contributed by atoms with Gasteiger partial charge in [0.25, 0.3) is 5.56 Å². The maximum Gasteiger partial charge on any atom is 0.262 e. The first-order valence-corrected chi connectivity index (χ1v) is 6.97. The van der Waals surface area contributed by atoms with Gasteiger partial charge in [-0.2, -0.15) is 0 Å². The molecule has 3 rings (SSSR count). The van der Waals surface area contributed by atoms with Gasteiger partial charge in [0.15, 0.2) is 0 Å². The van der Waals surface area contributed by atoms with Crippen molar-refractivity contribution in [2.45, 2.75) is 34.6 Å². The Hall–Kier alpha value is -2.17. The topological polar surface area (TPSA) is 52.2 Å². The van der Waals surface area contributed by atoms with Gasteiger partial charge in [-0.1, -0.05) is 27.7 Å². The first-order valence-electron chi connectivity index (χ1n) is 6.97. The predicted molar refractivity (Wildman–Crippen MR) is 83.2 cm³/mol. The van der Waals surface area contributed by atoms with Crippen LogP contribution >= 0.6 is 0 Å². The highest BCUT2D eigenvalue weighted by molar-refractivity contribution is 5.79. The van der Waals surface area contributed by atoms with Crippen LogP contribution in [0.15, 0.2) is 29.5 Å². The third-order valence-electron chi connectivity index (χ3n) is 2.74. The fraction of sp³-hybridized carbons (Fsp3) is 0.400. The van der Waals surface area contributed by atoms with E-state index in [9.17, 15) is 4.79 Å². The fourth-order valence-electron chi connectivity index (χ4n) is 1.92. The maximum absolute atomic E-state index is 12.1. The monoisotopic (exact) mass is 274 g/mol. The summed E-state index contributed by atoms with van der Waals surface area (Å²) in [6.45, 7) is 9.87. The molecule has 0 radical (unpaired) electrons. The molecule has 0 saturated heterocycles. The van der Waals surface area contributed by atoms with Crippen LogP contribution in [-0.4, -0.2) is 18.9 Å². The van der Waals surface area contributed by atoms with Gasteiger partial charge in [0.1, 0.15) is 0 Å². The summed E-state index contributed by atoms with van der Waals surface area (Å²) in [5, 5.41) is 0.667. The van der Waals surface area contributed by atoms with Gasteiger partial charge in [-0.15, -0.1) is 0 Å². The second-order valence-corrected chi connectivity index (χ2v) is 3.80. The molecule has 20 heavy (non-hydrogen) atoms. The molecular weight excluding hydrogens is 252 g/mol. The normalized spacial score (nSPS) is 9.70. The Balaban J connectivity index is 0.000000461. The molecule has 0 aliphatic heterocycles. The summed E-state index contributed by atoms with van der Waals surface area (Å²) >= 11 is 0. The molecule has 0 atom stereocenters. The van der Waals surface area contributed by atoms with Crippen LogP contribution in [0.2, 0.25) is 0 Å². The van der Waals surface area contributed by atoms with E-state index in [0.29, 0.717) is 11.2 Å². The van der Waals surface area contributed by atoms with E-state index in [2.05, 4.69) is 9.97 Å². The fourth-order valence-corrected chi connectivity index (χ4v) is 1.92. The summed E-state index contributed by atoms with van der Waals surface area (Å²) in [5.41, 5.74) is 1.59. The van der Waals surface area contributed by atoms with Crippen LogP contribution in [0, 0.1) is 6.92 Å². The molecule has 108 valence electrons. The Kier molecular flexibility index (Phi) is 5.43. The second kappa shape index (κ2) is 6.84. The quantitative estimate of drug-likeness (QED) is 0.633. The molecule has 0 unspecified atom stereocenters. The van der Waals surface area contributed by atoms with Crippen LogP contribution in [0.25, 0.3) is 16.7 Å². The lowest BCUT2D eigenvalue weighted by Gasteiger charge is -2.06. The van der Waals surface area contributed by atoms with Crippen LogP contribution in [0.1, 0.15) is 33.4 Å². The molecular formula is C15H22N4O. The Morgan fingerprint density at radius 1 is 1.10 bits per heavy atom. The summed E-state index contributed by atoms with van der Waals surface area (Å²) in [6, 6.07) is 1.80. The number of pyridine rings is 1. The minimum absolute atomic E-state index is 0.0424. The molecule has 3 heterocycles. The van der Waals surface area contributed by atoms with Gasteiger partial charge in [0.2, 0.25) is 5.78 Å². The van der Waals surface area contributed by atoms with Crippen molar-refractivity contribution in [3.05, 3.63) is 40.7 Å². The van der Waals surface area contributed by atoms with Crippen molar-refractivity contribution in [2.75, 3.05) is 0 Å². The van der Waals surface area contributed by atoms with Gasteiger partial charge in [0.05, 0.1) is 17.1 Å². The third-order valence-corrected chi connectivity index (χ3v) is 2.74. The molecule has 0 aromatic carbocycles. The molecule has 5 heteroatoms. The largest absolute Gasteiger partial charge is 0.283 e. The SMILES string of the molecule is CC.CC.Cc1cc2c(=O)n(C)c3nccn3c2cn1. The predicted octanol–water partition coefficient (Wildman–Crippen LogP) is 2.94. The lowest BCUT2D eigenvalue weighted by Crippen LogP contribution is -2.20. The van der Waals surface area contributed by atoms with Crippen LogP contribution in [-0.2, 0) is 7.05 Å². The molecule has 0 aliphatic rings. The highest BCUT2D eigenvalue weighted by Gasteiger charge is 2.08. The third kappa shape index (κ3) is 2.57. The Morgan fingerprint density at radius 2 is 1.75 bits per heavy atom. The Labute approximate surface area is 118 Å². The van der Waals surface area contributed by atoms with Crippen molar-refractivity contribution in [2.24, 2.45) is 7.05 Å². The summed E-state index contributed by atoms with van der Waals surface area (Å²) in [4.78, 5) is 20.4. The van der Waals surface area contributed by atoms with Crippen molar-refractivity contribution >= 4 is 16.7 Å². The molecule has 0 amide bonds. The highest BCUT2D eigenvalue weighted by atomic mass is 16.1. The van der Waals surface area contributed by atoms with E-state index in [1.165, 1.54) is 0 Å². The smallest absolute Gasteiger partial charge is 0.262 e. The van der Waals surface area contributed by atoms with Crippen LogP contribution in [0.5, 0.6) is 0 Å². The van der Waals surface area contributed by atoms with E-state index in [1.54, 1.807) is 30.1 Å². The molecule has 0 fully saturated rings. The summed E-state index contributed by atoms with van der Waals surface area (Å²) in [6.07, 6.45) is 5.21. The second-order valence-electron chi connectivity index (χ2n) is 3.80. The lowest BCUT2D eigenvalue weighted by molar-refractivity contribution is 0.862. The van der Waals surface area contributed by atoms with E-state index in [4.69, 9.17) is 0 Å². The first kappa shape index (κ1) is 15.9. The minimum atomic E-state index is -0.0424. The van der Waals surface area contributed by atoms with Crippen molar-refractivity contribution in [3.8, 4) is 0 Å². The van der Waals surface area contributed by atoms with E-state index in [0.717, 1.165) is 11.2 Å². The van der Waals surface area contributed by atoms with Crippen molar-refractivity contribution in [3.63, 3.8) is 0 Å².